The third kappa shape index (κ3) is 2.40. The zero-order valence-corrected chi connectivity index (χ0v) is 16.1. The van der Waals surface area contributed by atoms with Crippen LogP contribution in [-0.4, -0.2) is 30.3 Å². The highest BCUT2D eigenvalue weighted by atomic mass is 16.5. The third-order valence-electron chi connectivity index (χ3n) is 7.46. The summed E-state index contributed by atoms with van der Waals surface area (Å²) in [6.07, 6.45) is 9.33. The van der Waals surface area contributed by atoms with Gasteiger partial charge in [-0.25, -0.2) is 0 Å². The first-order valence-corrected chi connectivity index (χ1v) is 10.7. The van der Waals surface area contributed by atoms with Crippen molar-refractivity contribution in [3.05, 3.63) is 57.4 Å². The highest BCUT2D eigenvalue weighted by Gasteiger charge is 2.49. The second kappa shape index (κ2) is 5.81. The summed E-state index contributed by atoms with van der Waals surface area (Å²) in [5.74, 6) is 0.988. The Balaban J connectivity index is 1.28. The number of hydrogen-bond donors (Lipinski definition) is 0. The molecule has 3 aliphatic carbocycles. The minimum atomic E-state index is 0.0323. The van der Waals surface area contributed by atoms with E-state index in [-0.39, 0.29) is 17.8 Å². The van der Waals surface area contributed by atoms with Crippen LogP contribution in [0.15, 0.2) is 35.1 Å². The lowest BCUT2D eigenvalue weighted by Gasteiger charge is -2.37. The van der Waals surface area contributed by atoms with Crippen LogP contribution in [0.5, 0.6) is 0 Å². The molecule has 0 amide bonds. The van der Waals surface area contributed by atoms with Gasteiger partial charge in [-0.05, 0) is 93.8 Å². The van der Waals surface area contributed by atoms with Crippen molar-refractivity contribution in [2.75, 3.05) is 19.6 Å². The zero-order valence-electron chi connectivity index (χ0n) is 16.1. The van der Waals surface area contributed by atoms with Crippen molar-refractivity contribution in [2.45, 2.75) is 51.6 Å². The van der Waals surface area contributed by atoms with E-state index in [4.69, 9.17) is 4.74 Å². The monoisotopic (exact) mass is 361 g/mol. The molecule has 27 heavy (non-hydrogen) atoms. The Bertz CT molecular complexity index is 903. The average Bonchev–Trinajstić information content (AvgIpc) is 3.03. The standard InChI is InChI=1S/C24H27NO2/c1-14-9-15(5-4-8-25-6-2-3-7-25)20-13-27-24-19-12-17-10-16(17)11-18(19)23(26)21(14)22(20)24/h11-13,15,22,24H,2-10H2,1H3. The van der Waals surface area contributed by atoms with Gasteiger partial charge >= 0.3 is 0 Å². The fraction of sp³-hybridized carbons (Fsp3) is 0.542. The normalized spacial score (nSPS) is 30.6. The lowest BCUT2D eigenvalue weighted by atomic mass is 9.65. The van der Waals surface area contributed by atoms with Gasteiger partial charge in [-0.2, -0.15) is 0 Å². The van der Waals surface area contributed by atoms with Crippen LogP contribution in [0, 0.1) is 11.8 Å². The predicted octanol–water partition coefficient (Wildman–Crippen LogP) is 4.57. The largest absolute Gasteiger partial charge is 0.492 e. The number of rotatable bonds is 4. The van der Waals surface area contributed by atoms with Crippen molar-refractivity contribution in [1.29, 1.82) is 0 Å². The summed E-state index contributed by atoms with van der Waals surface area (Å²) < 4.78 is 6.22. The van der Waals surface area contributed by atoms with Gasteiger partial charge in [-0.15, -0.1) is 0 Å². The van der Waals surface area contributed by atoms with E-state index in [1.807, 2.05) is 6.26 Å². The molecule has 6 rings (SSSR count). The summed E-state index contributed by atoms with van der Waals surface area (Å²) in [5, 5.41) is 0. The number of allylic oxidation sites excluding steroid dienone is 1. The predicted molar refractivity (Wildman–Crippen MR) is 105 cm³/mol. The number of nitrogens with zero attached hydrogens (tertiary/aromatic N) is 1. The van der Waals surface area contributed by atoms with E-state index in [0.29, 0.717) is 5.92 Å². The van der Waals surface area contributed by atoms with Crippen LogP contribution in [0.2, 0.25) is 0 Å². The molecule has 3 atom stereocenters. The molecule has 140 valence electrons. The van der Waals surface area contributed by atoms with Crippen LogP contribution in [0.3, 0.4) is 0 Å². The van der Waals surface area contributed by atoms with Gasteiger partial charge in [0, 0.05) is 16.7 Å². The molecule has 3 heteroatoms. The molecule has 0 bridgehead atoms. The zero-order chi connectivity index (χ0) is 18.1. The number of ether oxygens (including phenoxy) is 1. The number of fused-ring (bicyclic) bond motifs is 3. The number of hydrogen-bond acceptors (Lipinski definition) is 3. The third-order valence-corrected chi connectivity index (χ3v) is 7.46. The van der Waals surface area contributed by atoms with Gasteiger partial charge < -0.3 is 9.64 Å². The molecular weight excluding hydrogens is 334 g/mol. The molecule has 0 N–H and O–H groups in total. The molecule has 3 unspecified atom stereocenters. The Morgan fingerprint density at radius 3 is 2.85 bits per heavy atom. The lowest BCUT2D eigenvalue weighted by molar-refractivity contribution is 0.0929. The fourth-order valence-corrected chi connectivity index (χ4v) is 5.98. The highest BCUT2D eigenvalue weighted by molar-refractivity contribution is 6.13. The van der Waals surface area contributed by atoms with Gasteiger partial charge in [-0.3, -0.25) is 4.79 Å². The SMILES string of the molecule is CC1=C2C(=O)c3cc4c(cc3C3OC=C(C(CCCN5CCCC5)C1)C23)C4. The number of Topliss-reactive ketones (excluding diaryl/α,β-unsaturated/α-hetero) is 1. The van der Waals surface area contributed by atoms with Crippen LogP contribution in [-0.2, 0) is 11.2 Å². The molecule has 1 saturated heterocycles. The van der Waals surface area contributed by atoms with Crippen molar-refractivity contribution in [3.8, 4) is 0 Å². The molecule has 5 aliphatic rings. The number of ketones is 1. The maximum Gasteiger partial charge on any atom is 0.190 e. The van der Waals surface area contributed by atoms with Crippen LogP contribution in [0.4, 0.5) is 0 Å². The van der Waals surface area contributed by atoms with E-state index in [1.54, 1.807) is 0 Å². The summed E-state index contributed by atoms with van der Waals surface area (Å²) in [4.78, 5) is 15.9. The Morgan fingerprint density at radius 2 is 2.00 bits per heavy atom. The molecule has 2 aliphatic heterocycles. The maximum absolute atomic E-state index is 13.3. The minimum absolute atomic E-state index is 0.0323. The minimum Gasteiger partial charge on any atom is -0.492 e. The highest BCUT2D eigenvalue weighted by Crippen LogP contribution is 2.56. The topological polar surface area (TPSA) is 29.5 Å². The summed E-state index contributed by atoms with van der Waals surface area (Å²) in [5.41, 5.74) is 8.55. The first-order chi connectivity index (χ1) is 13.2. The van der Waals surface area contributed by atoms with Gasteiger partial charge in [0.25, 0.3) is 0 Å². The Morgan fingerprint density at radius 1 is 1.19 bits per heavy atom. The van der Waals surface area contributed by atoms with E-state index in [2.05, 4.69) is 24.0 Å². The van der Waals surface area contributed by atoms with Crippen LogP contribution < -0.4 is 0 Å². The van der Waals surface area contributed by atoms with Gasteiger partial charge in [0.1, 0.15) is 6.10 Å². The van der Waals surface area contributed by atoms with Gasteiger partial charge in [0.15, 0.2) is 5.78 Å². The Kier molecular flexibility index (Phi) is 3.47. The lowest BCUT2D eigenvalue weighted by Crippen LogP contribution is -2.33. The van der Waals surface area contributed by atoms with Crippen molar-refractivity contribution in [3.63, 3.8) is 0 Å². The molecule has 0 spiro atoms. The molecule has 0 radical (unpaired) electrons. The van der Waals surface area contributed by atoms with Crippen LogP contribution >= 0.6 is 0 Å². The van der Waals surface area contributed by atoms with Gasteiger partial charge in [-0.1, -0.05) is 11.6 Å². The first-order valence-electron chi connectivity index (χ1n) is 10.7. The summed E-state index contributed by atoms with van der Waals surface area (Å²) in [6, 6.07) is 4.38. The van der Waals surface area contributed by atoms with E-state index in [0.717, 1.165) is 29.5 Å². The maximum atomic E-state index is 13.3. The van der Waals surface area contributed by atoms with E-state index >= 15 is 0 Å². The van der Waals surface area contributed by atoms with Crippen molar-refractivity contribution >= 4 is 5.78 Å². The van der Waals surface area contributed by atoms with Crippen LogP contribution in [0.25, 0.3) is 0 Å². The number of carbonyl (C=O) groups is 1. The van der Waals surface area contributed by atoms with E-state index in [9.17, 15) is 4.79 Å². The van der Waals surface area contributed by atoms with Crippen LogP contribution in [0.1, 0.15) is 72.2 Å². The van der Waals surface area contributed by atoms with E-state index in [1.165, 1.54) is 67.6 Å². The summed E-state index contributed by atoms with van der Waals surface area (Å²) in [6.45, 7) is 5.97. The molecule has 1 fully saturated rings. The summed E-state index contributed by atoms with van der Waals surface area (Å²) in [7, 11) is 0. The molecule has 0 saturated carbocycles. The second-order valence-corrected chi connectivity index (χ2v) is 9.15. The first kappa shape index (κ1) is 16.1. The number of carbonyl (C=O) groups excluding carboxylic acids is 1. The smallest absolute Gasteiger partial charge is 0.190 e. The number of benzene rings is 1. The molecule has 1 aromatic rings. The Hall–Kier alpha value is -1.87. The summed E-state index contributed by atoms with van der Waals surface area (Å²) >= 11 is 0. The van der Waals surface area contributed by atoms with Crippen molar-refractivity contribution < 1.29 is 9.53 Å². The van der Waals surface area contributed by atoms with Crippen molar-refractivity contribution in [1.82, 2.24) is 4.90 Å². The Labute approximate surface area is 161 Å². The molecule has 3 nitrogen and oxygen atoms in total. The fourth-order valence-electron chi connectivity index (χ4n) is 5.98. The number of likely N-dealkylation sites (tertiary alicyclic amines) is 1. The van der Waals surface area contributed by atoms with Crippen molar-refractivity contribution in [2.24, 2.45) is 11.8 Å². The van der Waals surface area contributed by atoms with Gasteiger partial charge in [0.05, 0.1) is 12.2 Å². The quantitative estimate of drug-likeness (QED) is 0.799. The molecule has 1 aromatic carbocycles. The molecule has 2 heterocycles. The molecule has 0 aromatic heterocycles. The molecular formula is C24H27NO2. The van der Waals surface area contributed by atoms with Gasteiger partial charge in [0.2, 0.25) is 0 Å². The second-order valence-electron chi connectivity index (χ2n) is 9.15. The average molecular weight is 361 g/mol. The van der Waals surface area contributed by atoms with E-state index < -0.39 is 0 Å².